The Bertz CT molecular complexity index is 458. The summed E-state index contributed by atoms with van der Waals surface area (Å²) in [5, 5.41) is 2.48. The summed E-state index contributed by atoms with van der Waals surface area (Å²) in [6, 6.07) is 12.4. The van der Waals surface area contributed by atoms with Gasteiger partial charge in [0.1, 0.15) is 0 Å². The lowest BCUT2D eigenvalue weighted by Crippen LogP contribution is -1.78. The van der Waals surface area contributed by atoms with E-state index in [-0.39, 0.29) is 0 Å². The summed E-state index contributed by atoms with van der Waals surface area (Å²) in [6.07, 6.45) is 1.88. The molecule has 0 unspecified atom stereocenters. The molecule has 13 heavy (non-hydrogen) atoms. The van der Waals surface area contributed by atoms with Crippen molar-refractivity contribution in [3.63, 3.8) is 0 Å². The van der Waals surface area contributed by atoms with Gasteiger partial charge in [-0.25, -0.2) is 0 Å². The van der Waals surface area contributed by atoms with Crippen molar-refractivity contribution < 1.29 is 0 Å². The van der Waals surface area contributed by atoms with Crippen LogP contribution in [0.2, 0.25) is 0 Å². The monoisotopic (exact) mass is 232 g/mol. The Kier molecular flexibility index (Phi) is 2.19. The number of fused-ring (bicyclic) bond motifs is 1. The molecule has 0 aliphatic heterocycles. The van der Waals surface area contributed by atoms with Gasteiger partial charge in [0, 0.05) is 4.47 Å². The van der Waals surface area contributed by atoms with E-state index in [1.54, 1.807) is 0 Å². The van der Waals surface area contributed by atoms with Gasteiger partial charge in [-0.05, 0) is 22.4 Å². The molecule has 0 radical (unpaired) electrons. The first-order chi connectivity index (χ1) is 6.33. The average Bonchev–Trinajstić information content (AvgIpc) is 2.18. The Labute approximate surface area is 86.0 Å². The van der Waals surface area contributed by atoms with Crippen LogP contribution in [0.3, 0.4) is 0 Å². The molecule has 0 fully saturated rings. The van der Waals surface area contributed by atoms with Gasteiger partial charge in [-0.15, -0.1) is 0 Å². The Morgan fingerprint density at radius 2 is 1.69 bits per heavy atom. The van der Waals surface area contributed by atoms with E-state index in [4.69, 9.17) is 0 Å². The molecule has 1 heteroatoms. The minimum Gasteiger partial charge on any atom is -0.0984 e. The number of rotatable bonds is 1. The second-order valence-electron chi connectivity index (χ2n) is 2.89. The van der Waals surface area contributed by atoms with E-state index in [1.807, 2.05) is 18.2 Å². The summed E-state index contributed by atoms with van der Waals surface area (Å²) in [5.74, 6) is 0. The summed E-state index contributed by atoms with van der Waals surface area (Å²) >= 11 is 3.53. The summed E-state index contributed by atoms with van der Waals surface area (Å²) in [5.41, 5.74) is 1.18. The Hall–Kier alpha value is -1.08. The Morgan fingerprint density at radius 1 is 1.00 bits per heavy atom. The standard InChI is InChI=1S/C12H9Br/c1-2-9-5-3-7-11-10(9)6-4-8-12(11)13/h2-8H,1H2. The largest absolute Gasteiger partial charge is 0.0984 e. The van der Waals surface area contributed by atoms with E-state index < -0.39 is 0 Å². The fourth-order valence-corrected chi connectivity index (χ4v) is 1.97. The molecule has 0 aromatic heterocycles. The molecule has 0 spiro atoms. The van der Waals surface area contributed by atoms with Crippen LogP contribution in [0.25, 0.3) is 16.8 Å². The van der Waals surface area contributed by atoms with E-state index in [9.17, 15) is 0 Å². The fourth-order valence-electron chi connectivity index (χ4n) is 1.47. The minimum absolute atomic E-state index is 1.13. The lowest BCUT2D eigenvalue weighted by atomic mass is 10.1. The van der Waals surface area contributed by atoms with Crippen molar-refractivity contribution in [2.45, 2.75) is 0 Å². The lowest BCUT2D eigenvalue weighted by Gasteiger charge is -2.03. The van der Waals surface area contributed by atoms with Gasteiger partial charge in [0.25, 0.3) is 0 Å². The molecule has 0 aliphatic rings. The first kappa shape index (κ1) is 8.52. The van der Waals surface area contributed by atoms with Crippen LogP contribution in [0.1, 0.15) is 5.56 Å². The van der Waals surface area contributed by atoms with Gasteiger partial charge < -0.3 is 0 Å². The highest BCUT2D eigenvalue weighted by Gasteiger charge is 1.99. The molecule has 0 N–H and O–H groups in total. The maximum atomic E-state index is 3.80. The molecule has 2 aromatic carbocycles. The van der Waals surface area contributed by atoms with E-state index in [0.717, 1.165) is 4.47 Å². The highest BCUT2D eigenvalue weighted by Crippen LogP contribution is 2.26. The molecule has 0 nitrogen and oxygen atoms in total. The van der Waals surface area contributed by atoms with Crippen molar-refractivity contribution in [2.24, 2.45) is 0 Å². The molecule has 2 aromatic rings. The van der Waals surface area contributed by atoms with Crippen molar-refractivity contribution in [2.75, 3.05) is 0 Å². The van der Waals surface area contributed by atoms with E-state index >= 15 is 0 Å². The topological polar surface area (TPSA) is 0 Å². The van der Waals surface area contributed by atoms with E-state index in [0.29, 0.717) is 0 Å². The second-order valence-corrected chi connectivity index (χ2v) is 3.74. The van der Waals surface area contributed by atoms with Gasteiger partial charge in [0.05, 0.1) is 0 Å². The first-order valence-electron chi connectivity index (χ1n) is 4.12. The smallest absolute Gasteiger partial charge is 0.0253 e. The van der Waals surface area contributed by atoms with Gasteiger partial charge >= 0.3 is 0 Å². The van der Waals surface area contributed by atoms with E-state index in [1.165, 1.54) is 16.3 Å². The third-order valence-electron chi connectivity index (χ3n) is 2.12. The summed E-state index contributed by atoms with van der Waals surface area (Å²) < 4.78 is 1.13. The first-order valence-corrected chi connectivity index (χ1v) is 4.92. The highest BCUT2D eigenvalue weighted by atomic mass is 79.9. The average molecular weight is 233 g/mol. The quantitative estimate of drug-likeness (QED) is 0.690. The molecule has 2 rings (SSSR count). The number of benzene rings is 2. The Morgan fingerprint density at radius 3 is 2.46 bits per heavy atom. The SMILES string of the molecule is C=Cc1cccc2c(Br)cccc12. The molecule has 0 heterocycles. The van der Waals surface area contributed by atoms with Crippen LogP contribution in [0.4, 0.5) is 0 Å². The number of halogens is 1. The van der Waals surface area contributed by atoms with Crippen LogP contribution >= 0.6 is 15.9 Å². The lowest BCUT2D eigenvalue weighted by molar-refractivity contribution is 1.68. The number of hydrogen-bond donors (Lipinski definition) is 0. The molecule has 0 atom stereocenters. The second kappa shape index (κ2) is 3.35. The maximum absolute atomic E-state index is 3.80. The maximum Gasteiger partial charge on any atom is 0.0253 e. The molecular weight excluding hydrogens is 224 g/mol. The fraction of sp³-hybridized carbons (Fsp3) is 0. The predicted octanol–water partition coefficient (Wildman–Crippen LogP) is 4.25. The highest BCUT2D eigenvalue weighted by molar-refractivity contribution is 9.10. The summed E-state index contributed by atoms with van der Waals surface area (Å²) in [6.45, 7) is 3.80. The zero-order valence-electron chi connectivity index (χ0n) is 7.13. The van der Waals surface area contributed by atoms with Crippen molar-refractivity contribution in [3.8, 4) is 0 Å². The van der Waals surface area contributed by atoms with Crippen LogP contribution < -0.4 is 0 Å². The van der Waals surface area contributed by atoms with Gasteiger partial charge in [-0.2, -0.15) is 0 Å². The molecule has 64 valence electrons. The molecule has 0 saturated heterocycles. The van der Waals surface area contributed by atoms with E-state index in [2.05, 4.69) is 46.8 Å². The molecule has 0 aliphatic carbocycles. The minimum atomic E-state index is 1.13. The predicted molar refractivity (Wildman–Crippen MR) is 61.7 cm³/mol. The van der Waals surface area contributed by atoms with Crippen LogP contribution in [-0.4, -0.2) is 0 Å². The van der Waals surface area contributed by atoms with Gasteiger partial charge in [0.2, 0.25) is 0 Å². The molecule has 0 bridgehead atoms. The zero-order chi connectivity index (χ0) is 9.26. The van der Waals surface area contributed by atoms with Crippen LogP contribution in [0, 0.1) is 0 Å². The van der Waals surface area contributed by atoms with Crippen molar-refractivity contribution in [1.29, 1.82) is 0 Å². The van der Waals surface area contributed by atoms with Gasteiger partial charge in [-0.3, -0.25) is 0 Å². The third kappa shape index (κ3) is 1.40. The normalized spacial score (nSPS) is 10.2. The van der Waals surface area contributed by atoms with Crippen LogP contribution in [0.15, 0.2) is 47.4 Å². The summed E-state index contributed by atoms with van der Waals surface area (Å²) in [7, 11) is 0. The van der Waals surface area contributed by atoms with Crippen molar-refractivity contribution >= 4 is 32.8 Å². The molecule has 0 amide bonds. The molecule has 0 saturated carbocycles. The van der Waals surface area contributed by atoms with Crippen molar-refractivity contribution in [1.82, 2.24) is 0 Å². The van der Waals surface area contributed by atoms with Crippen LogP contribution in [0.5, 0.6) is 0 Å². The summed E-state index contributed by atoms with van der Waals surface area (Å²) in [4.78, 5) is 0. The van der Waals surface area contributed by atoms with Gasteiger partial charge in [-0.1, -0.05) is 58.9 Å². The van der Waals surface area contributed by atoms with Gasteiger partial charge in [0.15, 0.2) is 0 Å². The van der Waals surface area contributed by atoms with Crippen LogP contribution in [-0.2, 0) is 0 Å². The van der Waals surface area contributed by atoms with Crippen molar-refractivity contribution in [3.05, 3.63) is 53.0 Å². The zero-order valence-corrected chi connectivity index (χ0v) is 8.71. The third-order valence-corrected chi connectivity index (χ3v) is 2.81. The number of hydrogen-bond acceptors (Lipinski definition) is 0. The molecular formula is C12H9Br. The Balaban J connectivity index is 2.92.